The zero-order valence-corrected chi connectivity index (χ0v) is 11.9. The summed E-state index contributed by atoms with van der Waals surface area (Å²) in [7, 11) is -1.85. The molecule has 0 radical (unpaired) electrons. The summed E-state index contributed by atoms with van der Waals surface area (Å²) in [5.41, 5.74) is 0.851. The molecule has 1 atom stereocenters. The Kier molecular flexibility index (Phi) is 4.93. The van der Waals surface area contributed by atoms with Crippen molar-refractivity contribution in [1.82, 2.24) is 10.0 Å². The highest BCUT2D eigenvalue weighted by molar-refractivity contribution is 7.89. The van der Waals surface area contributed by atoms with Crippen LogP contribution in [0.15, 0.2) is 29.2 Å². The van der Waals surface area contributed by atoms with Crippen molar-refractivity contribution in [3.05, 3.63) is 29.8 Å². The fourth-order valence-electron chi connectivity index (χ4n) is 2.19. The second kappa shape index (κ2) is 6.47. The molecule has 0 saturated carbocycles. The van der Waals surface area contributed by atoms with Gasteiger partial charge >= 0.3 is 0 Å². The molecule has 1 aromatic carbocycles. The minimum atomic E-state index is -3.43. The first kappa shape index (κ1) is 14.5. The van der Waals surface area contributed by atoms with Crippen LogP contribution in [0.25, 0.3) is 0 Å². The number of sulfonamides is 1. The van der Waals surface area contributed by atoms with Crippen LogP contribution < -0.4 is 10.0 Å². The molecule has 0 aliphatic carbocycles. The van der Waals surface area contributed by atoms with E-state index in [1.54, 1.807) is 25.3 Å². The lowest BCUT2D eigenvalue weighted by Gasteiger charge is -2.12. The average Bonchev–Trinajstić information content (AvgIpc) is 2.90. The van der Waals surface area contributed by atoms with Crippen molar-refractivity contribution in [3.63, 3.8) is 0 Å². The van der Waals surface area contributed by atoms with E-state index in [0.29, 0.717) is 18.0 Å². The maximum absolute atomic E-state index is 12.2. The van der Waals surface area contributed by atoms with Crippen molar-refractivity contribution in [2.45, 2.75) is 30.4 Å². The number of nitrogens with one attached hydrogen (secondary N) is 2. The second-order valence-corrected chi connectivity index (χ2v) is 6.49. The zero-order valence-electron chi connectivity index (χ0n) is 11.1. The number of methoxy groups -OCH3 is 1. The molecule has 1 aliphatic heterocycles. The molecule has 1 unspecified atom stereocenters. The van der Waals surface area contributed by atoms with E-state index in [1.807, 2.05) is 6.07 Å². The van der Waals surface area contributed by atoms with E-state index in [-0.39, 0.29) is 6.04 Å². The van der Waals surface area contributed by atoms with Gasteiger partial charge in [-0.2, -0.15) is 0 Å². The van der Waals surface area contributed by atoms with Gasteiger partial charge in [-0.3, -0.25) is 0 Å². The van der Waals surface area contributed by atoms with Crippen LogP contribution in [-0.4, -0.2) is 34.7 Å². The van der Waals surface area contributed by atoms with Crippen LogP contribution in [0.3, 0.4) is 0 Å². The summed E-state index contributed by atoms with van der Waals surface area (Å²) in [6.45, 7) is 1.82. The van der Waals surface area contributed by atoms with Crippen LogP contribution in [0, 0.1) is 0 Å². The van der Waals surface area contributed by atoms with Gasteiger partial charge in [0.2, 0.25) is 10.0 Å². The Bertz CT molecular complexity index is 510. The highest BCUT2D eigenvalue weighted by Gasteiger charge is 2.19. The first-order valence-electron chi connectivity index (χ1n) is 6.43. The Morgan fingerprint density at radius 2 is 2.32 bits per heavy atom. The Balaban J connectivity index is 2.03. The van der Waals surface area contributed by atoms with Gasteiger partial charge in [0.05, 0.1) is 11.5 Å². The molecule has 19 heavy (non-hydrogen) atoms. The molecular formula is C13H20N2O3S. The molecule has 2 N–H and O–H groups in total. The van der Waals surface area contributed by atoms with Crippen molar-refractivity contribution >= 4 is 10.0 Å². The first-order valence-corrected chi connectivity index (χ1v) is 7.91. The van der Waals surface area contributed by atoms with Gasteiger partial charge in [0.15, 0.2) is 0 Å². The standard InChI is InChI=1S/C13H20N2O3S/c1-18-10-11-4-2-6-13(8-11)19(16,17)15-9-12-5-3-7-14-12/h2,4,6,8,12,14-15H,3,5,7,9-10H2,1H3. The van der Waals surface area contributed by atoms with Gasteiger partial charge in [-0.25, -0.2) is 13.1 Å². The summed E-state index contributed by atoms with van der Waals surface area (Å²) in [5.74, 6) is 0. The van der Waals surface area contributed by atoms with E-state index < -0.39 is 10.0 Å². The van der Waals surface area contributed by atoms with Crippen molar-refractivity contribution in [3.8, 4) is 0 Å². The predicted octanol–water partition coefficient (Wildman–Crippen LogP) is 0.863. The normalized spacial score (nSPS) is 19.7. The Morgan fingerprint density at radius 3 is 3.00 bits per heavy atom. The molecule has 5 nitrogen and oxygen atoms in total. The summed E-state index contributed by atoms with van der Waals surface area (Å²) in [4.78, 5) is 0.292. The van der Waals surface area contributed by atoms with Crippen LogP contribution in [-0.2, 0) is 21.4 Å². The third-order valence-corrected chi connectivity index (χ3v) is 4.62. The number of ether oxygens (including phenoxy) is 1. The van der Waals surface area contributed by atoms with Gasteiger partial charge in [0.25, 0.3) is 0 Å². The molecule has 0 amide bonds. The topological polar surface area (TPSA) is 67.4 Å². The molecule has 1 heterocycles. The summed E-state index contributed by atoms with van der Waals surface area (Å²) < 4.78 is 32.0. The maximum atomic E-state index is 12.2. The molecule has 2 rings (SSSR count). The van der Waals surface area contributed by atoms with Crippen LogP contribution in [0.4, 0.5) is 0 Å². The van der Waals surface area contributed by atoms with E-state index in [2.05, 4.69) is 10.0 Å². The fraction of sp³-hybridized carbons (Fsp3) is 0.538. The third-order valence-electron chi connectivity index (χ3n) is 3.20. The zero-order chi connectivity index (χ0) is 13.7. The van der Waals surface area contributed by atoms with Crippen molar-refractivity contribution < 1.29 is 13.2 Å². The number of rotatable bonds is 6. The molecule has 1 aromatic rings. The lowest BCUT2D eigenvalue weighted by molar-refractivity contribution is 0.184. The van der Waals surface area contributed by atoms with Crippen molar-refractivity contribution in [2.75, 3.05) is 20.2 Å². The van der Waals surface area contributed by atoms with Crippen molar-refractivity contribution in [2.24, 2.45) is 0 Å². The van der Waals surface area contributed by atoms with Crippen molar-refractivity contribution in [1.29, 1.82) is 0 Å². The molecule has 6 heteroatoms. The largest absolute Gasteiger partial charge is 0.380 e. The quantitative estimate of drug-likeness (QED) is 0.813. The lowest BCUT2D eigenvalue weighted by atomic mass is 10.2. The molecule has 0 aromatic heterocycles. The lowest BCUT2D eigenvalue weighted by Crippen LogP contribution is -2.37. The highest BCUT2D eigenvalue weighted by Crippen LogP contribution is 2.13. The minimum Gasteiger partial charge on any atom is -0.380 e. The molecule has 1 fully saturated rings. The number of benzene rings is 1. The van der Waals surface area contributed by atoms with Crippen LogP contribution in [0.2, 0.25) is 0 Å². The van der Waals surface area contributed by atoms with E-state index in [4.69, 9.17) is 4.74 Å². The SMILES string of the molecule is COCc1cccc(S(=O)(=O)NCC2CCCN2)c1. The highest BCUT2D eigenvalue weighted by atomic mass is 32.2. The van der Waals surface area contributed by atoms with Gasteiger partial charge in [-0.1, -0.05) is 12.1 Å². The molecular weight excluding hydrogens is 264 g/mol. The van der Waals surface area contributed by atoms with Gasteiger partial charge < -0.3 is 10.1 Å². The molecule has 1 aliphatic rings. The Morgan fingerprint density at radius 1 is 1.47 bits per heavy atom. The number of hydrogen-bond donors (Lipinski definition) is 2. The van der Waals surface area contributed by atoms with Gasteiger partial charge in [-0.15, -0.1) is 0 Å². The summed E-state index contributed by atoms with van der Waals surface area (Å²) in [6, 6.07) is 7.08. The fourth-order valence-corrected chi connectivity index (χ4v) is 3.35. The van der Waals surface area contributed by atoms with E-state index in [9.17, 15) is 8.42 Å². The summed E-state index contributed by atoms with van der Waals surface area (Å²) in [5, 5.41) is 3.27. The monoisotopic (exact) mass is 284 g/mol. The van der Waals surface area contributed by atoms with Crippen LogP contribution in [0.1, 0.15) is 18.4 Å². The molecule has 106 valence electrons. The number of hydrogen-bond acceptors (Lipinski definition) is 4. The van der Waals surface area contributed by atoms with Crippen LogP contribution in [0.5, 0.6) is 0 Å². The molecule has 1 saturated heterocycles. The minimum absolute atomic E-state index is 0.247. The van der Waals surface area contributed by atoms with E-state index in [0.717, 1.165) is 24.9 Å². The molecule has 0 bridgehead atoms. The van der Waals surface area contributed by atoms with Gasteiger partial charge in [0.1, 0.15) is 0 Å². The Hall–Kier alpha value is -0.950. The van der Waals surface area contributed by atoms with E-state index >= 15 is 0 Å². The average molecular weight is 284 g/mol. The van der Waals surface area contributed by atoms with Crippen LogP contribution >= 0.6 is 0 Å². The third kappa shape index (κ3) is 4.01. The van der Waals surface area contributed by atoms with Gasteiger partial charge in [-0.05, 0) is 37.1 Å². The maximum Gasteiger partial charge on any atom is 0.240 e. The Labute approximate surface area is 114 Å². The summed E-state index contributed by atoms with van der Waals surface area (Å²) >= 11 is 0. The summed E-state index contributed by atoms with van der Waals surface area (Å²) in [6.07, 6.45) is 2.13. The predicted molar refractivity (Wildman–Crippen MR) is 73.4 cm³/mol. The second-order valence-electron chi connectivity index (χ2n) is 4.73. The van der Waals surface area contributed by atoms with E-state index in [1.165, 1.54) is 0 Å². The molecule has 0 spiro atoms. The smallest absolute Gasteiger partial charge is 0.240 e. The first-order chi connectivity index (χ1) is 9.12. The van der Waals surface area contributed by atoms with Gasteiger partial charge in [0, 0.05) is 19.7 Å².